The third kappa shape index (κ3) is 4.98. The highest BCUT2D eigenvalue weighted by atomic mass is 79.9. The zero-order valence-corrected chi connectivity index (χ0v) is 13.1. The summed E-state index contributed by atoms with van der Waals surface area (Å²) in [6.07, 6.45) is 0. The van der Waals surface area contributed by atoms with Crippen LogP contribution in [-0.4, -0.2) is 17.3 Å². The molecule has 0 N–H and O–H groups in total. The Morgan fingerprint density at radius 2 is 1.58 bits per heavy atom. The fourth-order valence-electron chi connectivity index (χ4n) is 2.07. The molecule has 0 aromatic heterocycles. The molecular formula is C16H17BrClN. The Labute approximate surface area is 128 Å². The molecule has 0 saturated carbocycles. The zero-order chi connectivity index (χ0) is 13.5. The van der Waals surface area contributed by atoms with Crippen LogP contribution in [0.15, 0.2) is 59.1 Å². The fraction of sp³-hybridized carbons (Fsp3) is 0.250. The standard InChI is InChI=1S/C16H17BrClN/c17-16-8-4-7-15(11-16)13-19(10-9-18)12-14-5-2-1-3-6-14/h1-8,11H,9-10,12-13H2. The summed E-state index contributed by atoms with van der Waals surface area (Å²) in [4.78, 5) is 2.37. The minimum Gasteiger partial charge on any atom is -0.294 e. The predicted octanol–water partition coefficient (Wildman–Crippen LogP) is 4.69. The molecular weight excluding hydrogens is 322 g/mol. The number of alkyl halides is 1. The molecule has 0 radical (unpaired) electrons. The first-order chi connectivity index (χ1) is 9.28. The maximum Gasteiger partial charge on any atom is 0.0351 e. The number of hydrogen-bond donors (Lipinski definition) is 0. The molecule has 2 aromatic carbocycles. The number of benzene rings is 2. The van der Waals surface area contributed by atoms with Gasteiger partial charge < -0.3 is 0 Å². The van der Waals surface area contributed by atoms with Crippen molar-refractivity contribution < 1.29 is 0 Å². The van der Waals surface area contributed by atoms with Crippen LogP contribution in [0.5, 0.6) is 0 Å². The van der Waals surface area contributed by atoms with Gasteiger partial charge in [0.2, 0.25) is 0 Å². The van der Waals surface area contributed by atoms with Crippen LogP contribution in [0, 0.1) is 0 Å². The summed E-state index contributed by atoms with van der Waals surface area (Å²) in [5, 5.41) is 0. The summed E-state index contributed by atoms with van der Waals surface area (Å²) in [6.45, 7) is 2.74. The molecule has 19 heavy (non-hydrogen) atoms. The highest BCUT2D eigenvalue weighted by molar-refractivity contribution is 9.10. The van der Waals surface area contributed by atoms with Crippen LogP contribution in [0.3, 0.4) is 0 Å². The average molecular weight is 339 g/mol. The Morgan fingerprint density at radius 3 is 2.26 bits per heavy atom. The molecule has 0 fully saturated rings. The first kappa shape index (κ1) is 14.6. The monoisotopic (exact) mass is 337 g/mol. The van der Waals surface area contributed by atoms with Crippen molar-refractivity contribution in [2.45, 2.75) is 13.1 Å². The number of nitrogens with zero attached hydrogens (tertiary/aromatic N) is 1. The summed E-state index contributed by atoms with van der Waals surface area (Å²) in [5.41, 5.74) is 2.62. The Morgan fingerprint density at radius 1 is 0.895 bits per heavy atom. The Kier molecular flexibility index (Phi) is 5.90. The van der Waals surface area contributed by atoms with Gasteiger partial charge in [-0.05, 0) is 23.3 Å². The number of hydrogen-bond acceptors (Lipinski definition) is 1. The molecule has 0 aliphatic rings. The van der Waals surface area contributed by atoms with Crippen LogP contribution in [0.1, 0.15) is 11.1 Å². The molecule has 2 rings (SSSR count). The molecule has 3 heteroatoms. The van der Waals surface area contributed by atoms with Gasteiger partial charge in [0.1, 0.15) is 0 Å². The third-order valence-electron chi connectivity index (χ3n) is 2.94. The van der Waals surface area contributed by atoms with E-state index in [9.17, 15) is 0 Å². The molecule has 0 aliphatic carbocycles. The SMILES string of the molecule is ClCCN(Cc1ccccc1)Cc1cccc(Br)c1. The number of rotatable bonds is 6. The van der Waals surface area contributed by atoms with Gasteiger partial charge in [-0.15, -0.1) is 11.6 Å². The highest BCUT2D eigenvalue weighted by Crippen LogP contribution is 2.15. The van der Waals surface area contributed by atoms with Crippen molar-refractivity contribution in [2.75, 3.05) is 12.4 Å². The maximum absolute atomic E-state index is 5.91. The first-order valence-electron chi connectivity index (χ1n) is 6.34. The van der Waals surface area contributed by atoms with Gasteiger partial charge in [-0.2, -0.15) is 0 Å². The van der Waals surface area contributed by atoms with Gasteiger partial charge in [-0.1, -0.05) is 58.4 Å². The van der Waals surface area contributed by atoms with E-state index in [1.54, 1.807) is 0 Å². The molecule has 1 nitrogen and oxygen atoms in total. The summed E-state index contributed by atoms with van der Waals surface area (Å²) in [6, 6.07) is 18.9. The molecule has 0 heterocycles. The van der Waals surface area contributed by atoms with Crippen molar-refractivity contribution in [2.24, 2.45) is 0 Å². The summed E-state index contributed by atoms with van der Waals surface area (Å²) in [5.74, 6) is 0.654. The Bertz CT molecular complexity index is 501. The molecule has 0 bridgehead atoms. The van der Waals surface area contributed by atoms with Gasteiger partial charge in [0, 0.05) is 30.0 Å². The topological polar surface area (TPSA) is 3.24 Å². The number of halogens is 2. The molecule has 0 amide bonds. The minimum absolute atomic E-state index is 0.654. The zero-order valence-electron chi connectivity index (χ0n) is 10.7. The van der Waals surface area contributed by atoms with Crippen LogP contribution in [-0.2, 0) is 13.1 Å². The summed E-state index contributed by atoms with van der Waals surface area (Å²) >= 11 is 9.42. The molecule has 0 spiro atoms. The quantitative estimate of drug-likeness (QED) is 0.691. The smallest absolute Gasteiger partial charge is 0.0351 e. The van der Waals surface area contributed by atoms with E-state index in [1.807, 2.05) is 12.1 Å². The predicted molar refractivity (Wildman–Crippen MR) is 85.4 cm³/mol. The van der Waals surface area contributed by atoms with Crippen molar-refractivity contribution in [3.8, 4) is 0 Å². The van der Waals surface area contributed by atoms with E-state index in [1.165, 1.54) is 11.1 Å². The van der Waals surface area contributed by atoms with Gasteiger partial charge in [0.15, 0.2) is 0 Å². The van der Waals surface area contributed by atoms with Gasteiger partial charge in [-0.3, -0.25) is 4.90 Å². The lowest BCUT2D eigenvalue weighted by Gasteiger charge is -2.21. The van der Waals surface area contributed by atoms with E-state index in [4.69, 9.17) is 11.6 Å². The minimum atomic E-state index is 0.654. The maximum atomic E-state index is 5.91. The molecule has 0 aliphatic heterocycles. The highest BCUT2D eigenvalue weighted by Gasteiger charge is 2.06. The van der Waals surface area contributed by atoms with Crippen molar-refractivity contribution in [3.63, 3.8) is 0 Å². The van der Waals surface area contributed by atoms with Crippen LogP contribution < -0.4 is 0 Å². The molecule has 0 saturated heterocycles. The lowest BCUT2D eigenvalue weighted by Crippen LogP contribution is -2.24. The second kappa shape index (κ2) is 7.68. The third-order valence-corrected chi connectivity index (χ3v) is 3.61. The van der Waals surface area contributed by atoms with Gasteiger partial charge in [-0.25, -0.2) is 0 Å². The summed E-state index contributed by atoms with van der Waals surface area (Å²) < 4.78 is 1.12. The van der Waals surface area contributed by atoms with Crippen LogP contribution >= 0.6 is 27.5 Å². The van der Waals surface area contributed by atoms with E-state index in [2.05, 4.69) is 63.3 Å². The molecule has 0 atom stereocenters. The summed E-state index contributed by atoms with van der Waals surface area (Å²) in [7, 11) is 0. The van der Waals surface area contributed by atoms with E-state index in [0.717, 1.165) is 24.1 Å². The molecule has 100 valence electrons. The lowest BCUT2D eigenvalue weighted by atomic mass is 10.1. The van der Waals surface area contributed by atoms with Gasteiger partial charge in [0.05, 0.1) is 0 Å². The van der Waals surface area contributed by atoms with Crippen LogP contribution in [0.25, 0.3) is 0 Å². The van der Waals surface area contributed by atoms with E-state index in [-0.39, 0.29) is 0 Å². The normalized spacial score (nSPS) is 10.9. The van der Waals surface area contributed by atoms with Crippen LogP contribution in [0.2, 0.25) is 0 Å². The second-order valence-corrected chi connectivity index (χ2v) is 5.81. The van der Waals surface area contributed by atoms with Gasteiger partial charge >= 0.3 is 0 Å². The van der Waals surface area contributed by atoms with Crippen molar-refractivity contribution >= 4 is 27.5 Å². The fourth-order valence-corrected chi connectivity index (χ4v) is 2.75. The Hall–Kier alpha value is -0.830. The van der Waals surface area contributed by atoms with Crippen LogP contribution in [0.4, 0.5) is 0 Å². The second-order valence-electron chi connectivity index (χ2n) is 4.52. The van der Waals surface area contributed by atoms with E-state index < -0.39 is 0 Å². The Balaban J connectivity index is 2.04. The molecule has 2 aromatic rings. The average Bonchev–Trinajstić information content (AvgIpc) is 2.40. The first-order valence-corrected chi connectivity index (χ1v) is 7.67. The van der Waals surface area contributed by atoms with Crippen molar-refractivity contribution in [3.05, 3.63) is 70.2 Å². The molecule has 0 unspecified atom stereocenters. The van der Waals surface area contributed by atoms with Crippen molar-refractivity contribution in [1.29, 1.82) is 0 Å². The van der Waals surface area contributed by atoms with E-state index >= 15 is 0 Å². The van der Waals surface area contributed by atoms with E-state index in [0.29, 0.717) is 5.88 Å². The van der Waals surface area contributed by atoms with Gasteiger partial charge in [0.25, 0.3) is 0 Å². The lowest BCUT2D eigenvalue weighted by molar-refractivity contribution is 0.273. The largest absolute Gasteiger partial charge is 0.294 e. The van der Waals surface area contributed by atoms with Crippen molar-refractivity contribution in [1.82, 2.24) is 4.90 Å².